The molecule has 4 heterocycles. The third kappa shape index (κ3) is 4.01. The van der Waals surface area contributed by atoms with Gasteiger partial charge in [-0.1, -0.05) is 0 Å². The number of hydrogen-bond acceptors (Lipinski definition) is 6. The van der Waals surface area contributed by atoms with Crippen molar-refractivity contribution in [3.63, 3.8) is 0 Å². The quantitative estimate of drug-likeness (QED) is 0.695. The molecule has 0 radical (unpaired) electrons. The summed E-state index contributed by atoms with van der Waals surface area (Å²) in [6.45, 7) is 5.87. The van der Waals surface area contributed by atoms with Crippen LogP contribution >= 0.6 is 11.3 Å². The van der Waals surface area contributed by atoms with Crippen LogP contribution in [0.4, 0.5) is 5.13 Å². The highest BCUT2D eigenvalue weighted by atomic mass is 32.1. The normalized spacial score (nSPS) is 16.3. The van der Waals surface area contributed by atoms with E-state index in [1.165, 1.54) is 36.2 Å². The molecule has 152 valence electrons. The van der Waals surface area contributed by atoms with E-state index in [0.29, 0.717) is 5.13 Å². The van der Waals surface area contributed by atoms with E-state index >= 15 is 0 Å². The van der Waals surface area contributed by atoms with Crippen molar-refractivity contribution in [2.45, 2.75) is 39.3 Å². The predicted octanol–water partition coefficient (Wildman–Crippen LogP) is 2.75. The highest BCUT2D eigenvalue weighted by molar-refractivity contribution is 7.14. The molecule has 1 aliphatic heterocycles. The van der Waals surface area contributed by atoms with Crippen molar-refractivity contribution in [1.82, 2.24) is 19.3 Å². The Morgan fingerprint density at radius 2 is 2.21 bits per heavy atom. The number of aryl methyl sites for hydroxylation is 2. The third-order valence-corrected chi connectivity index (χ3v) is 5.94. The number of amides is 1. The lowest BCUT2D eigenvalue weighted by Gasteiger charge is -2.14. The summed E-state index contributed by atoms with van der Waals surface area (Å²) in [7, 11) is 1.51. The summed E-state index contributed by atoms with van der Waals surface area (Å²) in [5, 5.41) is 9.15. The molecule has 9 heteroatoms. The topological polar surface area (TPSA) is 91.0 Å². The molecule has 3 aromatic heterocycles. The summed E-state index contributed by atoms with van der Waals surface area (Å²) < 4.78 is 9.18. The summed E-state index contributed by atoms with van der Waals surface area (Å²) in [5.74, 6) is -0.398. The molecule has 1 atom stereocenters. The Hall–Kier alpha value is -2.78. The molecule has 8 nitrogen and oxygen atoms in total. The zero-order chi connectivity index (χ0) is 20.5. The number of rotatable bonds is 5. The zero-order valence-electron chi connectivity index (χ0n) is 16.6. The first-order valence-corrected chi connectivity index (χ1v) is 10.4. The molecule has 1 N–H and O–H groups in total. The maximum absolute atomic E-state index is 12.4. The Morgan fingerprint density at radius 1 is 1.38 bits per heavy atom. The van der Waals surface area contributed by atoms with Crippen LogP contribution < -0.4 is 10.9 Å². The van der Waals surface area contributed by atoms with E-state index in [2.05, 4.69) is 39.9 Å². The summed E-state index contributed by atoms with van der Waals surface area (Å²) in [6, 6.07) is 4.85. The van der Waals surface area contributed by atoms with Crippen molar-refractivity contribution in [3.8, 4) is 11.3 Å². The van der Waals surface area contributed by atoms with E-state index in [9.17, 15) is 9.59 Å². The van der Waals surface area contributed by atoms with Crippen LogP contribution in [0.15, 0.2) is 28.4 Å². The molecule has 0 saturated carbocycles. The molecule has 0 aliphatic carbocycles. The van der Waals surface area contributed by atoms with Gasteiger partial charge in [0.2, 0.25) is 0 Å². The Labute approximate surface area is 172 Å². The first-order chi connectivity index (χ1) is 13.9. The van der Waals surface area contributed by atoms with Gasteiger partial charge in [0.05, 0.1) is 11.8 Å². The van der Waals surface area contributed by atoms with Gasteiger partial charge in [0.15, 0.2) is 5.13 Å². The minimum absolute atomic E-state index is 0.165. The van der Waals surface area contributed by atoms with Crippen molar-refractivity contribution >= 4 is 22.4 Å². The lowest BCUT2D eigenvalue weighted by Crippen LogP contribution is -2.23. The Morgan fingerprint density at radius 3 is 2.93 bits per heavy atom. The van der Waals surface area contributed by atoms with E-state index in [-0.39, 0.29) is 17.4 Å². The van der Waals surface area contributed by atoms with Gasteiger partial charge in [0.1, 0.15) is 5.69 Å². The van der Waals surface area contributed by atoms with Crippen LogP contribution in [-0.2, 0) is 18.3 Å². The number of carbonyl (C=O) groups is 1. The molecule has 1 saturated heterocycles. The van der Waals surface area contributed by atoms with Crippen LogP contribution in [0.2, 0.25) is 0 Å². The Balaban J connectivity index is 1.52. The van der Waals surface area contributed by atoms with Crippen molar-refractivity contribution < 1.29 is 9.53 Å². The van der Waals surface area contributed by atoms with Gasteiger partial charge in [-0.05, 0) is 38.8 Å². The van der Waals surface area contributed by atoms with Gasteiger partial charge in [0.25, 0.3) is 11.5 Å². The molecular formula is C20H23N5O3S. The Kier molecular flexibility index (Phi) is 5.33. The molecular weight excluding hydrogens is 390 g/mol. The van der Waals surface area contributed by atoms with Crippen LogP contribution in [0, 0.1) is 13.8 Å². The average Bonchev–Trinajstić information content (AvgIpc) is 3.42. The highest BCUT2D eigenvalue weighted by Crippen LogP contribution is 2.31. The number of aromatic nitrogens is 4. The van der Waals surface area contributed by atoms with Crippen LogP contribution in [0.25, 0.3) is 11.3 Å². The lowest BCUT2D eigenvalue weighted by atomic mass is 10.2. The minimum Gasteiger partial charge on any atom is -0.376 e. The van der Waals surface area contributed by atoms with Gasteiger partial charge in [-0.2, -0.15) is 5.10 Å². The summed E-state index contributed by atoms with van der Waals surface area (Å²) in [5.41, 5.74) is 4.08. The van der Waals surface area contributed by atoms with Crippen LogP contribution in [-0.4, -0.2) is 37.9 Å². The second-order valence-corrected chi connectivity index (χ2v) is 8.06. The van der Waals surface area contributed by atoms with E-state index in [1.807, 2.05) is 5.38 Å². The lowest BCUT2D eigenvalue weighted by molar-refractivity contribution is 0.0962. The fourth-order valence-corrected chi connectivity index (χ4v) is 4.28. The number of anilines is 1. The monoisotopic (exact) mass is 413 g/mol. The SMILES string of the molecule is Cc1cc(-c2csc(NC(=O)c3ccc(=O)n(C)n3)n2)c(C)n1C[C@@H]1CCCO1. The summed E-state index contributed by atoms with van der Waals surface area (Å²) in [6.07, 6.45) is 2.49. The van der Waals surface area contributed by atoms with E-state index < -0.39 is 5.91 Å². The van der Waals surface area contributed by atoms with Gasteiger partial charge in [-0.3, -0.25) is 14.9 Å². The summed E-state index contributed by atoms with van der Waals surface area (Å²) in [4.78, 5) is 28.4. The number of nitrogens with zero attached hydrogens (tertiary/aromatic N) is 4. The van der Waals surface area contributed by atoms with Crippen molar-refractivity contribution in [1.29, 1.82) is 0 Å². The fourth-order valence-electron chi connectivity index (χ4n) is 3.57. The van der Waals surface area contributed by atoms with Gasteiger partial charge in [-0.15, -0.1) is 11.3 Å². The standard InChI is InChI=1S/C20H23N5O3S/c1-12-9-15(13(2)25(12)10-14-5-4-8-28-14)17-11-29-20(21-17)22-19(27)16-6-7-18(26)24(3)23-16/h6-7,9,11,14H,4-5,8,10H2,1-3H3,(H,21,22,27)/t14-/m0/s1. The van der Waals surface area contributed by atoms with E-state index in [1.54, 1.807) is 0 Å². The van der Waals surface area contributed by atoms with Gasteiger partial charge in [0, 0.05) is 48.6 Å². The first kappa shape index (κ1) is 19.5. The van der Waals surface area contributed by atoms with Crippen LogP contribution in [0.1, 0.15) is 34.7 Å². The van der Waals surface area contributed by atoms with E-state index in [4.69, 9.17) is 4.74 Å². The maximum Gasteiger partial charge on any atom is 0.277 e. The molecule has 1 amide bonds. The first-order valence-electron chi connectivity index (χ1n) is 9.52. The molecule has 0 bridgehead atoms. The third-order valence-electron chi connectivity index (χ3n) is 5.18. The number of ether oxygens (including phenoxy) is 1. The molecule has 0 unspecified atom stereocenters. The second-order valence-electron chi connectivity index (χ2n) is 7.20. The number of hydrogen-bond donors (Lipinski definition) is 1. The second kappa shape index (κ2) is 7.92. The van der Waals surface area contributed by atoms with Gasteiger partial charge >= 0.3 is 0 Å². The molecule has 1 aliphatic rings. The average molecular weight is 414 g/mol. The molecule has 0 spiro atoms. The van der Waals surface area contributed by atoms with Gasteiger partial charge < -0.3 is 9.30 Å². The molecule has 0 aromatic carbocycles. The smallest absolute Gasteiger partial charge is 0.277 e. The number of thiazole rings is 1. The summed E-state index contributed by atoms with van der Waals surface area (Å²) >= 11 is 1.36. The van der Waals surface area contributed by atoms with Crippen LogP contribution in [0.5, 0.6) is 0 Å². The van der Waals surface area contributed by atoms with Gasteiger partial charge in [-0.25, -0.2) is 9.67 Å². The predicted molar refractivity (Wildman–Crippen MR) is 111 cm³/mol. The zero-order valence-corrected chi connectivity index (χ0v) is 17.5. The number of nitrogens with one attached hydrogen (secondary N) is 1. The fraction of sp³-hybridized carbons (Fsp3) is 0.400. The Bertz CT molecular complexity index is 1110. The molecule has 1 fully saturated rings. The van der Waals surface area contributed by atoms with Crippen LogP contribution in [0.3, 0.4) is 0 Å². The molecule has 4 rings (SSSR count). The van der Waals surface area contributed by atoms with Crippen molar-refractivity contribution in [2.75, 3.05) is 11.9 Å². The highest BCUT2D eigenvalue weighted by Gasteiger charge is 2.20. The van der Waals surface area contributed by atoms with Crippen molar-refractivity contribution in [2.24, 2.45) is 7.05 Å². The molecule has 29 heavy (non-hydrogen) atoms. The number of carbonyl (C=O) groups excluding carboxylic acids is 1. The largest absolute Gasteiger partial charge is 0.376 e. The maximum atomic E-state index is 12.4. The minimum atomic E-state index is -0.398. The molecule has 3 aromatic rings. The van der Waals surface area contributed by atoms with Crippen molar-refractivity contribution in [3.05, 3.63) is 51.0 Å². The van der Waals surface area contributed by atoms with E-state index in [0.717, 1.165) is 47.6 Å².